The molecule has 3 aliphatic rings. The molecule has 0 saturated carbocycles. The van der Waals surface area contributed by atoms with E-state index in [4.69, 9.17) is 0 Å². The topological polar surface area (TPSA) is 78.0 Å². The van der Waals surface area contributed by atoms with E-state index >= 15 is 0 Å². The van der Waals surface area contributed by atoms with Gasteiger partial charge in [-0.2, -0.15) is 0 Å². The second kappa shape index (κ2) is 7.42. The molecule has 0 aliphatic carbocycles. The number of imide groups is 2. The van der Waals surface area contributed by atoms with Crippen LogP contribution in [0.1, 0.15) is 17.2 Å². The lowest BCUT2D eigenvalue weighted by Gasteiger charge is -2.39. The third kappa shape index (κ3) is 2.99. The molecule has 4 amide bonds. The Balaban J connectivity index is 1.49. The van der Waals surface area contributed by atoms with Gasteiger partial charge in [-0.3, -0.25) is 33.9 Å². The van der Waals surface area contributed by atoms with Gasteiger partial charge < -0.3 is 0 Å². The summed E-state index contributed by atoms with van der Waals surface area (Å²) in [5, 5.41) is 0. The van der Waals surface area contributed by atoms with E-state index in [0.29, 0.717) is 6.42 Å². The molecule has 31 heavy (non-hydrogen) atoms. The summed E-state index contributed by atoms with van der Waals surface area (Å²) in [5.41, 5.74) is 1.87. The van der Waals surface area contributed by atoms with Crippen LogP contribution in [0.5, 0.6) is 0 Å². The summed E-state index contributed by atoms with van der Waals surface area (Å²) in [5.74, 6) is -2.70. The van der Waals surface area contributed by atoms with Crippen LogP contribution in [0.4, 0.5) is 0 Å². The molecular formula is C24H23N3O4. The molecule has 3 fully saturated rings. The summed E-state index contributed by atoms with van der Waals surface area (Å²) in [6, 6.07) is 17.8. The van der Waals surface area contributed by atoms with Crippen molar-refractivity contribution in [2.45, 2.75) is 18.5 Å². The van der Waals surface area contributed by atoms with E-state index in [1.165, 1.54) is 11.9 Å². The molecule has 4 atom stereocenters. The number of rotatable bonds is 4. The highest BCUT2D eigenvalue weighted by atomic mass is 16.2. The van der Waals surface area contributed by atoms with Gasteiger partial charge in [-0.15, -0.1) is 0 Å². The van der Waals surface area contributed by atoms with Crippen LogP contribution in [0.3, 0.4) is 0 Å². The Hall–Kier alpha value is -3.32. The Morgan fingerprint density at radius 3 is 2.00 bits per heavy atom. The van der Waals surface area contributed by atoms with Crippen molar-refractivity contribution >= 4 is 23.6 Å². The fourth-order valence-electron chi connectivity index (χ4n) is 5.30. The number of hydrogen-bond acceptors (Lipinski definition) is 5. The predicted octanol–water partition coefficient (Wildman–Crippen LogP) is 1.25. The van der Waals surface area contributed by atoms with Crippen molar-refractivity contribution in [2.24, 2.45) is 11.8 Å². The van der Waals surface area contributed by atoms with E-state index in [-0.39, 0.29) is 36.7 Å². The fourth-order valence-corrected chi connectivity index (χ4v) is 5.30. The monoisotopic (exact) mass is 417 g/mol. The quantitative estimate of drug-likeness (QED) is 0.700. The molecular weight excluding hydrogens is 394 g/mol. The molecule has 4 unspecified atom stereocenters. The van der Waals surface area contributed by atoms with Gasteiger partial charge >= 0.3 is 0 Å². The molecule has 0 bridgehead atoms. The molecule has 7 nitrogen and oxygen atoms in total. The second-order valence-corrected chi connectivity index (χ2v) is 8.38. The van der Waals surface area contributed by atoms with Crippen LogP contribution in [0.15, 0.2) is 60.7 Å². The summed E-state index contributed by atoms with van der Waals surface area (Å²) >= 11 is 0. The van der Waals surface area contributed by atoms with Crippen LogP contribution in [0.2, 0.25) is 0 Å². The molecule has 2 aromatic rings. The first kappa shape index (κ1) is 19.6. The summed E-state index contributed by atoms with van der Waals surface area (Å²) in [6.07, 6.45) is 0.550. The fraction of sp³-hybridized carbons (Fsp3) is 0.333. The Bertz CT molecular complexity index is 1060. The third-order valence-corrected chi connectivity index (χ3v) is 6.76. The Kier molecular flexibility index (Phi) is 4.70. The average molecular weight is 417 g/mol. The Morgan fingerprint density at radius 2 is 1.35 bits per heavy atom. The van der Waals surface area contributed by atoms with Gasteiger partial charge in [-0.05, 0) is 17.5 Å². The predicted molar refractivity (Wildman–Crippen MR) is 111 cm³/mol. The molecule has 0 radical (unpaired) electrons. The van der Waals surface area contributed by atoms with Crippen molar-refractivity contribution in [2.75, 3.05) is 20.1 Å². The number of piperazine rings is 1. The number of fused-ring (bicyclic) bond motifs is 3. The number of nitrogens with zero attached hydrogens (tertiary/aromatic N) is 3. The number of benzene rings is 2. The second-order valence-electron chi connectivity index (χ2n) is 8.38. The van der Waals surface area contributed by atoms with Crippen molar-refractivity contribution in [3.05, 3.63) is 71.8 Å². The van der Waals surface area contributed by atoms with Crippen LogP contribution in [0, 0.1) is 11.8 Å². The van der Waals surface area contributed by atoms with E-state index in [2.05, 4.69) is 0 Å². The maximum absolute atomic E-state index is 13.5. The normalized spacial score (nSPS) is 28.3. The minimum atomic E-state index is -0.801. The van der Waals surface area contributed by atoms with Crippen molar-refractivity contribution < 1.29 is 19.2 Å². The standard InChI is InChI=1S/C24H23N3O4/c1-25-22(29)18-19(23(25)30)21-24(31)26(13-12-15-8-4-2-5-9-15)17(28)14-27(21)20(18)16-10-6-3-7-11-16/h2-11,18-21H,12-14H2,1H3. The molecule has 158 valence electrons. The van der Waals surface area contributed by atoms with E-state index in [1.54, 1.807) is 4.90 Å². The van der Waals surface area contributed by atoms with Crippen molar-refractivity contribution in [3.63, 3.8) is 0 Å². The smallest absolute Gasteiger partial charge is 0.247 e. The molecule has 0 aromatic heterocycles. The summed E-state index contributed by atoms with van der Waals surface area (Å²) in [7, 11) is 1.47. The summed E-state index contributed by atoms with van der Waals surface area (Å²) < 4.78 is 0. The first-order valence-electron chi connectivity index (χ1n) is 10.5. The Labute approximate surface area is 180 Å². The minimum absolute atomic E-state index is 0.0159. The maximum atomic E-state index is 13.5. The van der Waals surface area contributed by atoms with E-state index in [9.17, 15) is 19.2 Å². The SMILES string of the molecule is CN1C(=O)C2C(C1=O)C(c1ccccc1)N1CC(=O)N(CCc3ccccc3)C(=O)C21. The number of carbonyl (C=O) groups is 4. The number of amides is 4. The van der Waals surface area contributed by atoms with Crippen LogP contribution in [-0.4, -0.2) is 64.5 Å². The molecule has 3 heterocycles. The van der Waals surface area contributed by atoms with Crippen LogP contribution < -0.4 is 0 Å². The maximum Gasteiger partial charge on any atom is 0.247 e. The van der Waals surface area contributed by atoms with Crippen molar-refractivity contribution in [1.29, 1.82) is 0 Å². The van der Waals surface area contributed by atoms with Gasteiger partial charge in [0, 0.05) is 19.6 Å². The zero-order valence-electron chi connectivity index (χ0n) is 17.2. The van der Waals surface area contributed by atoms with Crippen LogP contribution in [-0.2, 0) is 25.6 Å². The van der Waals surface area contributed by atoms with E-state index in [1.807, 2.05) is 60.7 Å². The highest BCUT2D eigenvalue weighted by molar-refractivity contribution is 6.11. The zero-order chi connectivity index (χ0) is 21.7. The summed E-state index contributed by atoms with van der Waals surface area (Å²) in [6.45, 7) is 0.277. The van der Waals surface area contributed by atoms with Crippen LogP contribution in [0.25, 0.3) is 0 Å². The third-order valence-electron chi connectivity index (χ3n) is 6.76. The minimum Gasteiger partial charge on any atom is -0.285 e. The molecule has 5 rings (SSSR count). The average Bonchev–Trinajstić information content (AvgIpc) is 3.23. The first-order valence-corrected chi connectivity index (χ1v) is 10.5. The van der Waals surface area contributed by atoms with Gasteiger partial charge in [0.2, 0.25) is 23.6 Å². The van der Waals surface area contributed by atoms with E-state index in [0.717, 1.165) is 16.0 Å². The molecule has 7 heteroatoms. The molecule has 0 spiro atoms. The molecule has 0 N–H and O–H groups in total. The molecule has 3 aliphatic heterocycles. The lowest BCUT2D eigenvalue weighted by molar-refractivity contribution is -0.159. The Morgan fingerprint density at radius 1 is 0.774 bits per heavy atom. The van der Waals surface area contributed by atoms with Crippen molar-refractivity contribution in [1.82, 2.24) is 14.7 Å². The van der Waals surface area contributed by atoms with Crippen molar-refractivity contribution in [3.8, 4) is 0 Å². The highest BCUT2D eigenvalue weighted by Gasteiger charge is 2.65. The van der Waals surface area contributed by atoms with Gasteiger partial charge in [0.05, 0.1) is 18.4 Å². The van der Waals surface area contributed by atoms with E-state index < -0.39 is 23.9 Å². The first-order chi connectivity index (χ1) is 15.0. The number of likely N-dealkylation sites (tertiary alicyclic amines) is 1. The van der Waals surface area contributed by atoms with Gasteiger partial charge in [0.15, 0.2) is 0 Å². The lowest BCUT2D eigenvalue weighted by atomic mass is 9.86. The largest absolute Gasteiger partial charge is 0.285 e. The van der Waals surface area contributed by atoms with Gasteiger partial charge in [0.25, 0.3) is 0 Å². The number of hydrogen-bond donors (Lipinski definition) is 0. The summed E-state index contributed by atoms with van der Waals surface area (Å²) in [4.78, 5) is 56.6. The van der Waals surface area contributed by atoms with Gasteiger partial charge in [-0.25, -0.2) is 0 Å². The zero-order valence-corrected chi connectivity index (χ0v) is 17.2. The van der Waals surface area contributed by atoms with Gasteiger partial charge in [-0.1, -0.05) is 60.7 Å². The van der Waals surface area contributed by atoms with Crippen LogP contribution >= 0.6 is 0 Å². The van der Waals surface area contributed by atoms with Gasteiger partial charge in [0.1, 0.15) is 6.04 Å². The lowest BCUT2D eigenvalue weighted by Crippen LogP contribution is -2.60. The molecule has 3 saturated heterocycles. The molecule has 2 aromatic carbocycles. The number of carbonyl (C=O) groups excluding carboxylic acids is 4. The highest BCUT2D eigenvalue weighted by Crippen LogP contribution is 2.50.